The zero-order chi connectivity index (χ0) is 14.0. The Bertz CT molecular complexity index is 598. The molecule has 0 unspecified atom stereocenters. The van der Waals surface area contributed by atoms with E-state index in [2.05, 4.69) is 0 Å². The van der Waals surface area contributed by atoms with Crippen LogP contribution in [0.15, 0.2) is 36.4 Å². The number of halogens is 2. The van der Waals surface area contributed by atoms with Gasteiger partial charge in [-0.25, -0.2) is 13.6 Å². The van der Waals surface area contributed by atoms with Crippen LogP contribution in [0.4, 0.5) is 8.78 Å². The first kappa shape index (κ1) is 13.0. The Kier molecular flexibility index (Phi) is 3.46. The number of phenols is 1. The van der Waals surface area contributed by atoms with Crippen LogP contribution >= 0.6 is 0 Å². The summed E-state index contributed by atoms with van der Waals surface area (Å²) in [5.74, 6) is -3.84. The number of carbonyl (C=O) groups is 1. The van der Waals surface area contributed by atoms with Crippen LogP contribution in [0.3, 0.4) is 0 Å². The van der Waals surface area contributed by atoms with Gasteiger partial charge >= 0.3 is 5.97 Å². The zero-order valence-electron chi connectivity index (χ0n) is 9.98. The predicted molar refractivity (Wildman–Crippen MR) is 64.2 cm³/mol. The summed E-state index contributed by atoms with van der Waals surface area (Å²) in [7, 11) is 0. The first-order valence-electron chi connectivity index (χ1n) is 5.45. The Morgan fingerprint density at radius 1 is 1.16 bits per heavy atom. The summed E-state index contributed by atoms with van der Waals surface area (Å²) in [6, 6.07) is 8.55. The number of carbonyl (C=O) groups excluding carboxylic acids is 1. The number of esters is 1. The SMILES string of the molecule is Cc1c(F)cc(F)c(O)c1C(=O)Oc1ccccc1. The molecule has 0 saturated carbocycles. The molecule has 0 radical (unpaired) electrons. The fourth-order valence-electron chi connectivity index (χ4n) is 1.60. The van der Waals surface area contributed by atoms with Crippen LogP contribution < -0.4 is 4.74 Å². The molecule has 3 nitrogen and oxygen atoms in total. The van der Waals surface area contributed by atoms with Crippen molar-refractivity contribution in [3.05, 3.63) is 59.2 Å². The molecule has 0 aliphatic rings. The smallest absolute Gasteiger partial charge is 0.347 e. The van der Waals surface area contributed by atoms with E-state index < -0.39 is 28.9 Å². The maximum absolute atomic E-state index is 13.4. The average molecular weight is 264 g/mol. The van der Waals surface area contributed by atoms with E-state index in [0.29, 0.717) is 6.07 Å². The lowest BCUT2D eigenvalue weighted by Gasteiger charge is -2.10. The Morgan fingerprint density at radius 3 is 2.42 bits per heavy atom. The molecule has 0 aromatic heterocycles. The molecule has 0 saturated heterocycles. The van der Waals surface area contributed by atoms with Gasteiger partial charge in [0.2, 0.25) is 0 Å². The second kappa shape index (κ2) is 5.06. The molecule has 0 heterocycles. The lowest BCUT2D eigenvalue weighted by atomic mass is 10.1. The van der Waals surface area contributed by atoms with Crippen LogP contribution in [0.25, 0.3) is 0 Å². The third kappa shape index (κ3) is 2.54. The summed E-state index contributed by atoms with van der Waals surface area (Å²) in [4.78, 5) is 11.8. The van der Waals surface area contributed by atoms with Crippen molar-refractivity contribution in [3.63, 3.8) is 0 Å². The van der Waals surface area contributed by atoms with Gasteiger partial charge in [0.1, 0.15) is 17.1 Å². The number of para-hydroxylation sites is 1. The van der Waals surface area contributed by atoms with Crippen LogP contribution in [-0.2, 0) is 0 Å². The highest BCUT2D eigenvalue weighted by atomic mass is 19.1. The van der Waals surface area contributed by atoms with Crippen LogP contribution in [0, 0.1) is 18.6 Å². The molecule has 98 valence electrons. The van der Waals surface area contributed by atoms with Crippen molar-refractivity contribution >= 4 is 5.97 Å². The fourth-order valence-corrected chi connectivity index (χ4v) is 1.60. The number of aromatic hydroxyl groups is 1. The van der Waals surface area contributed by atoms with Crippen molar-refractivity contribution in [1.82, 2.24) is 0 Å². The minimum absolute atomic E-state index is 0.167. The van der Waals surface area contributed by atoms with Crippen LogP contribution in [0.5, 0.6) is 11.5 Å². The number of benzene rings is 2. The molecular weight excluding hydrogens is 254 g/mol. The van der Waals surface area contributed by atoms with Gasteiger partial charge in [0, 0.05) is 11.6 Å². The molecule has 1 N–H and O–H groups in total. The lowest BCUT2D eigenvalue weighted by Crippen LogP contribution is -2.12. The number of phenolic OH excluding ortho intramolecular Hbond substituents is 1. The second-order valence-corrected chi connectivity index (χ2v) is 3.89. The second-order valence-electron chi connectivity index (χ2n) is 3.89. The number of hydrogen-bond acceptors (Lipinski definition) is 3. The van der Waals surface area contributed by atoms with Crippen molar-refractivity contribution in [2.45, 2.75) is 6.92 Å². The summed E-state index contributed by atoms with van der Waals surface area (Å²) in [6.45, 7) is 1.26. The molecular formula is C14H10F2O3. The lowest BCUT2D eigenvalue weighted by molar-refractivity contribution is 0.0729. The third-order valence-corrected chi connectivity index (χ3v) is 2.61. The minimum atomic E-state index is -1.21. The topological polar surface area (TPSA) is 46.5 Å². The van der Waals surface area contributed by atoms with E-state index in [1.807, 2.05) is 0 Å². The largest absolute Gasteiger partial charge is 0.504 e. The molecule has 0 bridgehead atoms. The number of hydrogen-bond donors (Lipinski definition) is 1. The van der Waals surface area contributed by atoms with Crippen molar-refractivity contribution in [3.8, 4) is 11.5 Å². The minimum Gasteiger partial charge on any atom is -0.504 e. The van der Waals surface area contributed by atoms with Gasteiger partial charge in [-0.15, -0.1) is 0 Å². The maximum atomic E-state index is 13.4. The molecule has 0 spiro atoms. The molecule has 19 heavy (non-hydrogen) atoms. The highest BCUT2D eigenvalue weighted by Crippen LogP contribution is 2.28. The molecule has 0 atom stereocenters. The molecule has 0 aliphatic carbocycles. The van der Waals surface area contributed by atoms with E-state index in [9.17, 15) is 18.7 Å². The van der Waals surface area contributed by atoms with Gasteiger partial charge < -0.3 is 9.84 Å². The summed E-state index contributed by atoms with van der Waals surface area (Å²) in [6.07, 6.45) is 0. The molecule has 0 fully saturated rings. The maximum Gasteiger partial charge on any atom is 0.347 e. The first-order chi connectivity index (χ1) is 9.00. The molecule has 2 aromatic carbocycles. The number of rotatable bonds is 2. The quantitative estimate of drug-likeness (QED) is 0.669. The van der Waals surface area contributed by atoms with Crippen LogP contribution in [0.2, 0.25) is 0 Å². The van der Waals surface area contributed by atoms with Gasteiger partial charge in [0.15, 0.2) is 11.6 Å². The molecule has 0 aliphatic heterocycles. The van der Waals surface area contributed by atoms with Gasteiger partial charge in [0.05, 0.1) is 0 Å². The summed E-state index contributed by atoms with van der Waals surface area (Å²) in [5.41, 5.74) is -0.679. The molecule has 2 aromatic rings. The molecule has 2 rings (SSSR count). The Balaban J connectivity index is 2.40. The molecule has 0 amide bonds. The van der Waals surface area contributed by atoms with Gasteiger partial charge in [-0.3, -0.25) is 0 Å². The number of ether oxygens (including phenoxy) is 1. The van der Waals surface area contributed by atoms with E-state index in [1.165, 1.54) is 19.1 Å². The standard InChI is InChI=1S/C14H10F2O3/c1-8-10(15)7-11(16)13(17)12(8)14(18)19-9-5-3-2-4-6-9/h2-7,17H,1H3. The Hall–Kier alpha value is -2.43. The fraction of sp³-hybridized carbons (Fsp3) is 0.0714. The van der Waals surface area contributed by atoms with Crippen molar-refractivity contribution in [2.75, 3.05) is 0 Å². The summed E-state index contributed by atoms with van der Waals surface area (Å²) in [5, 5.41) is 9.51. The van der Waals surface area contributed by atoms with Gasteiger partial charge in [0.25, 0.3) is 0 Å². The van der Waals surface area contributed by atoms with Crippen molar-refractivity contribution in [1.29, 1.82) is 0 Å². The highest BCUT2D eigenvalue weighted by molar-refractivity contribution is 5.95. The highest BCUT2D eigenvalue weighted by Gasteiger charge is 2.22. The van der Waals surface area contributed by atoms with Crippen LogP contribution in [0.1, 0.15) is 15.9 Å². The van der Waals surface area contributed by atoms with Gasteiger partial charge in [-0.2, -0.15) is 0 Å². The van der Waals surface area contributed by atoms with E-state index in [4.69, 9.17) is 4.74 Å². The Morgan fingerprint density at radius 2 is 1.79 bits per heavy atom. The van der Waals surface area contributed by atoms with E-state index in [0.717, 1.165) is 0 Å². The Labute approximate surface area is 108 Å². The van der Waals surface area contributed by atoms with Crippen LogP contribution in [-0.4, -0.2) is 11.1 Å². The van der Waals surface area contributed by atoms with E-state index in [-0.39, 0.29) is 11.3 Å². The zero-order valence-corrected chi connectivity index (χ0v) is 9.98. The normalized spacial score (nSPS) is 10.3. The third-order valence-electron chi connectivity index (χ3n) is 2.61. The monoisotopic (exact) mass is 264 g/mol. The van der Waals surface area contributed by atoms with Crippen molar-refractivity contribution in [2.24, 2.45) is 0 Å². The predicted octanol–water partition coefficient (Wildman–Crippen LogP) is 3.20. The van der Waals surface area contributed by atoms with Gasteiger partial charge in [-0.1, -0.05) is 18.2 Å². The van der Waals surface area contributed by atoms with E-state index in [1.54, 1.807) is 18.2 Å². The van der Waals surface area contributed by atoms with E-state index >= 15 is 0 Å². The summed E-state index contributed by atoms with van der Waals surface area (Å²) >= 11 is 0. The van der Waals surface area contributed by atoms with Gasteiger partial charge in [-0.05, 0) is 19.1 Å². The molecule has 5 heteroatoms. The summed E-state index contributed by atoms with van der Waals surface area (Å²) < 4.78 is 31.5. The first-order valence-corrected chi connectivity index (χ1v) is 5.45. The average Bonchev–Trinajstić information content (AvgIpc) is 2.38. The van der Waals surface area contributed by atoms with Crippen molar-refractivity contribution < 1.29 is 23.4 Å².